The molecule has 2 N–H and O–H groups in total. The first-order valence-corrected chi connectivity index (χ1v) is 5.31. The summed E-state index contributed by atoms with van der Waals surface area (Å²) in [4.78, 5) is 15.5. The maximum absolute atomic E-state index is 11.3. The molecule has 16 heavy (non-hydrogen) atoms. The molecule has 0 aliphatic heterocycles. The zero-order chi connectivity index (χ0) is 11.9. The number of fused-ring (bicyclic) bond motifs is 1. The zero-order valence-electron chi connectivity index (χ0n) is 8.42. The van der Waals surface area contributed by atoms with E-state index < -0.39 is 5.91 Å². The number of aromatic nitrogens is 1. The molecule has 3 nitrogen and oxygen atoms in total. The van der Waals surface area contributed by atoms with Gasteiger partial charge in [-0.05, 0) is 19.1 Å². The largest absolute Gasteiger partial charge is 0.366 e. The van der Waals surface area contributed by atoms with E-state index in [0.29, 0.717) is 32.2 Å². The SMILES string of the molecule is Cc1cc(C(N)=O)c2ccc(Cl)c(Cl)c2n1. The second-order valence-electron chi connectivity index (χ2n) is 3.43. The molecular weight excluding hydrogens is 247 g/mol. The van der Waals surface area contributed by atoms with Crippen molar-refractivity contribution in [2.24, 2.45) is 5.73 Å². The Bertz CT molecular complexity index is 596. The fraction of sp³-hybridized carbons (Fsp3) is 0.0909. The van der Waals surface area contributed by atoms with Gasteiger partial charge in [-0.15, -0.1) is 0 Å². The standard InChI is InChI=1S/C11H8Cl2N2O/c1-5-4-7(11(14)16)6-2-3-8(12)9(13)10(6)15-5/h2-4H,1H3,(H2,14,16). The molecule has 0 aliphatic carbocycles. The molecule has 2 aromatic rings. The summed E-state index contributed by atoms with van der Waals surface area (Å²) in [6, 6.07) is 4.95. The highest BCUT2D eigenvalue weighted by molar-refractivity contribution is 6.45. The van der Waals surface area contributed by atoms with E-state index in [1.54, 1.807) is 25.1 Å². The molecule has 0 saturated heterocycles. The van der Waals surface area contributed by atoms with E-state index >= 15 is 0 Å². The highest BCUT2D eigenvalue weighted by Gasteiger charge is 2.12. The number of amides is 1. The highest BCUT2D eigenvalue weighted by atomic mass is 35.5. The van der Waals surface area contributed by atoms with Gasteiger partial charge >= 0.3 is 0 Å². The number of hydrogen-bond donors (Lipinski definition) is 1. The lowest BCUT2D eigenvalue weighted by molar-refractivity contribution is 0.100. The maximum Gasteiger partial charge on any atom is 0.249 e. The van der Waals surface area contributed by atoms with Gasteiger partial charge in [0.05, 0.1) is 21.1 Å². The Balaban J connectivity index is 2.94. The van der Waals surface area contributed by atoms with Crippen LogP contribution in [0.3, 0.4) is 0 Å². The third-order valence-electron chi connectivity index (χ3n) is 2.27. The van der Waals surface area contributed by atoms with E-state index in [1.807, 2.05) is 0 Å². The Morgan fingerprint density at radius 2 is 2.06 bits per heavy atom. The molecule has 0 fully saturated rings. The van der Waals surface area contributed by atoms with Crippen LogP contribution >= 0.6 is 23.2 Å². The fourth-order valence-corrected chi connectivity index (χ4v) is 1.93. The van der Waals surface area contributed by atoms with Crippen LogP contribution in [0.25, 0.3) is 10.9 Å². The molecule has 0 radical (unpaired) electrons. The summed E-state index contributed by atoms with van der Waals surface area (Å²) in [6.45, 7) is 1.77. The van der Waals surface area contributed by atoms with Gasteiger partial charge in [0.15, 0.2) is 0 Å². The molecule has 1 amide bonds. The first-order chi connectivity index (χ1) is 7.50. The van der Waals surface area contributed by atoms with Gasteiger partial charge in [-0.25, -0.2) is 0 Å². The van der Waals surface area contributed by atoms with Gasteiger partial charge < -0.3 is 5.73 Å². The lowest BCUT2D eigenvalue weighted by Gasteiger charge is -2.07. The minimum absolute atomic E-state index is 0.338. The lowest BCUT2D eigenvalue weighted by Crippen LogP contribution is -2.12. The van der Waals surface area contributed by atoms with Crippen LogP contribution in [0.4, 0.5) is 0 Å². The van der Waals surface area contributed by atoms with Crippen LogP contribution in [-0.2, 0) is 0 Å². The molecule has 1 aromatic carbocycles. The summed E-state index contributed by atoms with van der Waals surface area (Å²) in [5, 5.41) is 1.36. The van der Waals surface area contributed by atoms with E-state index in [0.717, 1.165) is 0 Å². The predicted octanol–water partition coefficient (Wildman–Crippen LogP) is 2.95. The Morgan fingerprint density at radius 1 is 1.38 bits per heavy atom. The summed E-state index contributed by atoms with van der Waals surface area (Å²) in [7, 11) is 0. The first-order valence-electron chi connectivity index (χ1n) is 4.56. The number of hydrogen-bond acceptors (Lipinski definition) is 2. The maximum atomic E-state index is 11.3. The van der Waals surface area contributed by atoms with Gasteiger partial charge in [-0.1, -0.05) is 29.3 Å². The molecule has 82 valence electrons. The number of primary amides is 1. The number of pyridine rings is 1. The molecule has 0 aliphatic rings. The van der Waals surface area contributed by atoms with Crippen LogP contribution in [0.2, 0.25) is 10.0 Å². The molecule has 2 rings (SSSR count). The minimum Gasteiger partial charge on any atom is -0.366 e. The van der Waals surface area contributed by atoms with Crippen molar-refractivity contribution in [2.75, 3.05) is 0 Å². The third-order valence-corrected chi connectivity index (χ3v) is 3.06. The zero-order valence-corrected chi connectivity index (χ0v) is 9.93. The van der Waals surface area contributed by atoms with Gasteiger partial charge in [0.1, 0.15) is 0 Å². The van der Waals surface area contributed by atoms with Crippen LogP contribution in [0.1, 0.15) is 16.1 Å². The lowest BCUT2D eigenvalue weighted by atomic mass is 10.1. The summed E-state index contributed by atoms with van der Waals surface area (Å²) < 4.78 is 0. The average molecular weight is 255 g/mol. The number of nitrogens with two attached hydrogens (primary N) is 1. The number of halogens is 2. The van der Waals surface area contributed by atoms with E-state index in [2.05, 4.69) is 4.98 Å². The normalized spacial score (nSPS) is 10.7. The fourth-order valence-electron chi connectivity index (χ4n) is 1.57. The van der Waals surface area contributed by atoms with Crippen LogP contribution < -0.4 is 5.73 Å². The molecule has 0 unspecified atom stereocenters. The number of rotatable bonds is 1. The number of aryl methyl sites for hydroxylation is 1. The van der Waals surface area contributed by atoms with Crippen molar-refractivity contribution in [3.63, 3.8) is 0 Å². The van der Waals surface area contributed by atoms with Crippen molar-refractivity contribution in [3.05, 3.63) is 39.5 Å². The monoisotopic (exact) mass is 254 g/mol. The van der Waals surface area contributed by atoms with E-state index in [9.17, 15) is 4.79 Å². The molecule has 0 spiro atoms. The Morgan fingerprint density at radius 3 is 2.69 bits per heavy atom. The van der Waals surface area contributed by atoms with Crippen LogP contribution in [-0.4, -0.2) is 10.9 Å². The van der Waals surface area contributed by atoms with Crippen molar-refractivity contribution >= 4 is 40.0 Å². The van der Waals surface area contributed by atoms with Crippen LogP contribution in [0.15, 0.2) is 18.2 Å². The van der Waals surface area contributed by atoms with Crippen LogP contribution in [0, 0.1) is 6.92 Å². The minimum atomic E-state index is -0.506. The first kappa shape index (κ1) is 11.2. The average Bonchev–Trinajstić information content (AvgIpc) is 2.23. The second-order valence-corrected chi connectivity index (χ2v) is 4.22. The van der Waals surface area contributed by atoms with Gasteiger partial charge in [0.2, 0.25) is 5.91 Å². The van der Waals surface area contributed by atoms with Gasteiger partial charge in [0, 0.05) is 11.1 Å². The van der Waals surface area contributed by atoms with Crippen molar-refractivity contribution in [1.29, 1.82) is 0 Å². The van der Waals surface area contributed by atoms with Crippen molar-refractivity contribution < 1.29 is 4.79 Å². The Kier molecular flexibility index (Phi) is 2.74. The Hall–Kier alpha value is -1.32. The van der Waals surface area contributed by atoms with Gasteiger partial charge in [-0.2, -0.15) is 0 Å². The molecule has 0 saturated carbocycles. The summed E-state index contributed by atoms with van der Waals surface area (Å²) in [5.74, 6) is -0.506. The number of nitrogens with zero attached hydrogens (tertiary/aromatic N) is 1. The van der Waals surface area contributed by atoms with E-state index in [1.165, 1.54) is 0 Å². The van der Waals surface area contributed by atoms with Gasteiger partial charge in [0.25, 0.3) is 0 Å². The van der Waals surface area contributed by atoms with Crippen molar-refractivity contribution in [3.8, 4) is 0 Å². The predicted molar refractivity (Wildman–Crippen MR) is 65.0 cm³/mol. The molecule has 5 heteroatoms. The molecule has 0 atom stereocenters. The van der Waals surface area contributed by atoms with Crippen LogP contribution in [0.5, 0.6) is 0 Å². The Labute approximate surface area is 102 Å². The highest BCUT2D eigenvalue weighted by Crippen LogP contribution is 2.31. The third kappa shape index (κ3) is 1.72. The van der Waals surface area contributed by atoms with Crippen molar-refractivity contribution in [2.45, 2.75) is 6.92 Å². The van der Waals surface area contributed by atoms with E-state index in [-0.39, 0.29) is 0 Å². The quantitative estimate of drug-likeness (QED) is 0.851. The number of carbonyl (C=O) groups is 1. The second kappa shape index (κ2) is 3.92. The smallest absolute Gasteiger partial charge is 0.249 e. The van der Waals surface area contributed by atoms with Crippen molar-refractivity contribution in [1.82, 2.24) is 4.98 Å². The summed E-state index contributed by atoms with van der Waals surface area (Å²) >= 11 is 11.9. The van der Waals surface area contributed by atoms with Gasteiger partial charge in [-0.3, -0.25) is 9.78 Å². The molecule has 1 aromatic heterocycles. The van der Waals surface area contributed by atoms with E-state index in [4.69, 9.17) is 28.9 Å². The summed E-state index contributed by atoms with van der Waals surface area (Å²) in [5.41, 5.74) is 6.87. The summed E-state index contributed by atoms with van der Waals surface area (Å²) in [6.07, 6.45) is 0. The molecular formula is C11H8Cl2N2O. The molecule has 1 heterocycles. The number of benzene rings is 1. The molecule has 0 bridgehead atoms. The number of carbonyl (C=O) groups excluding carboxylic acids is 1. The topological polar surface area (TPSA) is 56.0 Å².